The molecule has 7 heteroatoms. The third kappa shape index (κ3) is 5.95. The van der Waals surface area contributed by atoms with Gasteiger partial charge in [0.15, 0.2) is 15.9 Å². The zero-order valence-electron chi connectivity index (χ0n) is 11.9. The lowest BCUT2D eigenvalue weighted by atomic mass is 10.1. The summed E-state index contributed by atoms with van der Waals surface area (Å²) in [4.78, 5) is 23.0. The van der Waals surface area contributed by atoms with E-state index in [-0.39, 0.29) is 11.7 Å². The van der Waals surface area contributed by atoms with E-state index < -0.39 is 33.5 Å². The Labute approximate surface area is 124 Å². The Morgan fingerprint density at radius 2 is 1.76 bits per heavy atom. The molecule has 0 radical (unpaired) electrons. The van der Waals surface area contributed by atoms with Crippen molar-refractivity contribution in [1.82, 2.24) is 5.32 Å². The normalized spacial score (nSPS) is 12.9. The Hall–Kier alpha value is -1.89. The molecule has 0 heterocycles. The number of carbonyl (C=O) groups excluding carboxylic acids is 1. The van der Waals surface area contributed by atoms with Crippen LogP contribution in [0, 0.1) is 5.92 Å². The summed E-state index contributed by atoms with van der Waals surface area (Å²) in [7, 11) is -3.54. The van der Waals surface area contributed by atoms with Gasteiger partial charge in [-0.15, -0.1) is 0 Å². The van der Waals surface area contributed by atoms with E-state index in [4.69, 9.17) is 5.11 Å². The van der Waals surface area contributed by atoms with Crippen molar-refractivity contribution >= 4 is 21.7 Å². The van der Waals surface area contributed by atoms with Crippen molar-refractivity contribution in [2.24, 2.45) is 5.92 Å². The zero-order valence-corrected chi connectivity index (χ0v) is 12.8. The summed E-state index contributed by atoms with van der Waals surface area (Å²) in [5.74, 6) is -2.96. The topological polar surface area (TPSA) is 101 Å². The maximum Gasteiger partial charge on any atom is 0.330 e. The number of rotatable bonds is 7. The maximum absolute atomic E-state index is 11.8. The number of hydrogen-bond acceptors (Lipinski definition) is 4. The van der Waals surface area contributed by atoms with Gasteiger partial charge in [-0.1, -0.05) is 44.2 Å². The Bertz CT molecular complexity index is 595. The van der Waals surface area contributed by atoms with Crippen LogP contribution in [0.1, 0.15) is 25.5 Å². The molecule has 6 nitrogen and oxygen atoms in total. The molecule has 21 heavy (non-hydrogen) atoms. The first kappa shape index (κ1) is 17.2. The van der Waals surface area contributed by atoms with Crippen LogP contribution in [0.15, 0.2) is 30.3 Å². The molecule has 1 aromatic carbocycles. The first-order chi connectivity index (χ1) is 9.71. The summed E-state index contributed by atoms with van der Waals surface area (Å²) < 4.78 is 23.5. The minimum Gasteiger partial charge on any atom is -0.479 e. The lowest BCUT2D eigenvalue weighted by Crippen LogP contribution is -2.38. The quantitative estimate of drug-likeness (QED) is 0.782. The molecule has 0 aliphatic carbocycles. The molecule has 116 valence electrons. The second-order valence-electron chi connectivity index (χ2n) is 5.20. The van der Waals surface area contributed by atoms with Crippen LogP contribution in [0.4, 0.5) is 0 Å². The summed E-state index contributed by atoms with van der Waals surface area (Å²) in [6.45, 7) is 3.47. The number of carboxylic acids is 1. The summed E-state index contributed by atoms with van der Waals surface area (Å²) >= 11 is 0. The summed E-state index contributed by atoms with van der Waals surface area (Å²) in [6.07, 6.45) is 0. The molecule has 1 aromatic rings. The first-order valence-electron chi connectivity index (χ1n) is 6.49. The van der Waals surface area contributed by atoms with Gasteiger partial charge < -0.3 is 10.4 Å². The molecule has 0 saturated carbocycles. The standard InChI is InChI=1S/C14H19NO5S/c1-10(2)8-21(19,20)9-12(16)15-13(14(17)18)11-6-4-3-5-7-11/h3-7,10,13H,8-9H2,1-2H3,(H,15,16)(H,17,18)/t13-/m1/s1. The Morgan fingerprint density at radius 3 is 2.24 bits per heavy atom. The van der Waals surface area contributed by atoms with Gasteiger partial charge >= 0.3 is 5.97 Å². The number of hydrogen-bond donors (Lipinski definition) is 2. The SMILES string of the molecule is CC(C)CS(=O)(=O)CC(=O)N[C@@H](C(=O)O)c1ccccc1. The molecule has 2 N–H and O–H groups in total. The fourth-order valence-electron chi connectivity index (χ4n) is 1.90. The molecular weight excluding hydrogens is 294 g/mol. The second-order valence-corrected chi connectivity index (χ2v) is 7.31. The molecule has 1 rings (SSSR count). The predicted octanol–water partition coefficient (Wildman–Crippen LogP) is 0.999. The smallest absolute Gasteiger partial charge is 0.330 e. The number of benzene rings is 1. The van der Waals surface area contributed by atoms with Crippen LogP contribution < -0.4 is 5.32 Å². The molecule has 0 aliphatic rings. The van der Waals surface area contributed by atoms with Crippen molar-refractivity contribution in [3.63, 3.8) is 0 Å². The van der Waals surface area contributed by atoms with Crippen LogP contribution >= 0.6 is 0 Å². The third-order valence-corrected chi connectivity index (χ3v) is 4.50. The molecular formula is C14H19NO5S. The van der Waals surface area contributed by atoms with Crippen molar-refractivity contribution in [2.75, 3.05) is 11.5 Å². The van der Waals surface area contributed by atoms with E-state index in [9.17, 15) is 18.0 Å². The van der Waals surface area contributed by atoms with Crippen LogP contribution in [0.5, 0.6) is 0 Å². The number of amides is 1. The second kappa shape index (κ2) is 7.21. The highest BCUT2D eigenvalue weighted by molar-refractivity contribution is 7.92. The van der Waals surface area contributed by atoms with Crippen molar-refractivity contribution < 1.29 is 23.1 Å². The molecule has 0 bridgehead atoms. The highest BCUT2D eigenvalue weighted by Gasteiger charge is 2.25. The minimum atomic E-state index is -3.54. The van der Waals surface area contributed by atoms with Gasteiger partial charge in [0.1, 0.15) is 5.75 Å². The lowest BCUT2D eigenvalue weighted by Gasteiger charge is -2.15. The van der Waals surface area contributed by atoms with Crippen LogP contribution in [0.25, 0.3) is 0 Å². The Morgan fingerprint density at radius 1 is 1.19 bits per heavy atom. The van der Waals surface area contributed by atoms with Crippen LogP contribution in [0.2, 0.25) is 0 Å². The number of nitrogens with one attached hydrogen (secondary N) is 1. The number of carbonyl (C=O) groups is 2. The number of aliphatic carboxylic acids is 1. The van der Waals surface area contributed by atoms with Gasteiger partial charge in [0.2, 0.25) is 5.91 Å². The van der Waals surface area contributed by atoms with E-state index in [0.29, 0.717) is 5.56 Å². The molecule has 0 fully saturated rings. The number of sulfone groups is 1. The van der Waals surface area contributed by atoms with Crippen LogP contribution in [0.3, 0.4) is 0 Å². The molecule has 0 saturated heterocycles. The minimum absolute atomic E-state index is 0.0906. The van der Waals surface area contributed by atoms with E-state index >= 15 is 0 Å². The molecule has 0 aromatic heterocycles. The van der Waals surface area contributed by atoms with E-state index in [1.165, 1.54) is 0 Å². The van der Waals surface area contributed by atoms with E-state index in [0.717, 1.165) is 0 Å². The Balaban J connectivity index is 2.77. The van der Waals surface area contributed by atoms with Gasteiger partial charge in [0.05, 0.1) is 5.75 Å². The highest BCUT2D eigenvalue weighted by Crippen LogP contribution is 2.12. The summed E-state index contributed by atoms with van der Waals surface area (Å²) in [5, 5.41) is 11.4. The van der Waals surface area contributed by atoms with Gasteiger partial charge in [0.25, 0.3) is 0 Å². The van der Waals surface area contributed by atoms with E-state index in [2.05, 4.69) is 5.32 Å². The highest BCUT2D eigenvalue weighted by atomic mass is 32.2. The molecule has 1 amide bonds. The lowest BCUT2D eigenvalue weighted by molar-refractivity contribution is -0.141. The van der Waals surface area contributed by atoms with Crippen LogP contribution in [-0.4, -0.2) is 36.9 Å². The maximum atomic E-state index is 11.8. The number of carboxylic acid groups (broad SMARTS) is 1. The van der Waals surface area contributed by atoms with Gasteiger partial charge in [-0.2, -0.15) is 0 Å². The summed E-state index contributed by atoms with van der Waals surface area (Å²) in [5.41, 5.74) is 0.389. The van der Waals surface area contributed by atoms with Gasteiger partial charge in [0, 0.05) is 0 Å². The molecule has 0 aliphatic heterocycles. The van der Waals surface area contributed by atoms with Gasteiger partial charge in [-0.3, -0.25) is 4.79 Å². The average Bonchev–Trinajstić information content (AvgIpc) is 2.34. The molecule has 0 unspecified atom stereocenters. The first-order valence-corrected chi connectivity index (χ1v) is 8.31. The van der Waals surface area contributed by atoms with Crippen molar-refractivity contribution in [3.05, 3.63) is 35.9 Å². The van der Waals surface area contributed by atoms with Gasteiger partial charge in [-0.05, 0) is 11.5 Å². The predicted molar refractivity (Wildman–Crippen MR) is 78.5 cm³/mol. The van der Waals surface area contributed by atoms with Crippen molar-refractivity contribution in [1.29, 1.82) is 0 Å². The van der Waals surface area contributed by atoms with E-state index in [1.807, 2.05) is 0 Å². The van der Waals surface area contributed by atoms with Crippen molar-refractivity contribution in [2.45, 2.75) is 19.9 Å². The van der Waals surface area contributed by atoms with E-state index in [1.54, 1.807) is 44.2 Å². The van der Waals surface area contributed by atoms with Gasteiger partial charge in [-0.25, -0.2) is 13.2 Å². The molecule has 1 atom stereocenters. The third-order valence-electron chi connectivity index (χ3n) is 2.62. The van der Waals surface area contributed by atoms with Crippen LogP contribution in [-0.2, 0) is 19.4 Å². The zero-order chi connectivity index (χ0) is 16.0. The summed E-state index contributed by atoms with van der Waals surface area (Å²) in [6, 6.07) is 6.87. The largest absolute Gasteiger partial charge is 0.479 e. The monoisotopic (exact) mass is 313 g/mol. The molecule has 0 spiro atoms. The average molecular weight is 313 g/mol. The van der Waals surface area contributed by atoms with Crippen molar-refractivity contribution in [3.8, 4) is 0 Å². The Kier molecular flexibility index (Phi) is 5.90. The fourth-order valence-corrected chi connectivity index (χ4v) is 3.52. The fraction of sp³-hybridized carbons (Fsp3) is 0.429.